The van der Waals surface area contributed by atoms with Crippen molar-refractivity contribution in [3.8, 4) is 0 Å². The van der Waals surface area contributed by atoms with Crippen LogP contribution in [0.15, 0.2) is 30.3 Å². The molecule has 0 aliphatic heterocycles. The lowest BCUT2D eigenvalue weighted by Gasteiger charge is -2.15. The standard InChI is InChI=1S/C15H19N3/c1-10-7-13(18(2)17-10)9-12-8-11-5-3-4-6-14(11)15(12)16/h3-7,12,15H,8-9,16H2,1-2H3. The van der Waals surface area contributed by atoms with Gasteiger partial charge in [0.2, 0.25) is 0 Å². The van der Waals surface area contributed by atoms with Crippen LogP contribution < -0.4 is 5.73 Å². The Morgan fingerprint density at radius 1 is 1.39 bits per heavy atom. The van der Waals surface area contributed by atoms with Crippen molar-refractivity contribution in [3.05, 3.63) is 52.8 Å². The Morgan fingerprint density at radius 2 is 2.17 bits per heavy atom. The molecule has 1 aromatic carbocycles. The van der Waals surface area contributed by atoms with Gasteiger partial charge in [0.1, 0.15) is 0 Å². The highest BCUT2D eigenvalue weighted by molar-refractivity contribution is 5.36. The average Bonchev–Trinajstić information content (AvgIpc) is 2.82. The molecule has 2 N–H and O–H groups in total. The molecule has 1 aromatic heterocycles. The Kier molecular flexibility index (Phi) is 2.71. The van der Waals surface area contributed by atoms with Crippen LogP contribution in [0.2, 0.25) is 0 Å². The zero-order valence-electron chi connectivity index (χ0n) is 10.9. The lowest BCUT2D eigenvalue weighted by Crippen LogP contribution is -2.20. The number of nitrogens with zero attached hydrogens (tertiary/aromatic N) is 2. The molecule has 3 nitrogen and oxygen atoms in total. The van der Waals surface area contributed by atoms with Crippen molar-refractivity contribution in [2.75, 3.05) is 0 Å². The lowest BCUT2D eigenvalue weighted by molar-refractivity contribution is 0.451. The summed E-state index contributed by atoms with van der Waals surface area (Å²) in [5, 5.41) is 4.40. The molecule has 18 heavy (non-hydrogen) atoms. The molecule has 3 heteroatoms. The van der Waals surface area contributed by atoms with Gasteiger partial charge in [0.05, 0.1) is 5.69 Å². The Balaban J connectivity index is 1.83. The molecule has 0 spiro atoms. The summed E-state index contributed by atoms with van der Waals surface area (Å²) in [5.74, 6) is 0.497. The van der Waals surface area contributed by atoms with Gasteiger partial charge in [-0.2, -0.15) is 5.10 Å². The van der Waals surface area contributed by atoms with E-state index in [9.17, 15) is 0 Å². The van der Waals surface area contributed by atoms with E-state index in [4.69, 9.17) is 5.73 Å². The maximum absolute atomic E-state index is 6.37. The molecule has 94 valence electrons. The third kappa shape index (κ3) is 1.85. The minimum Gasteiger partial charge on any atom is -0.324 e. The zero-order chi connectivity index (χ0) is 12.7. The number of rotatable bonds is 2. The number of nitrogens with two attached hydrogens (primary N) is 1. The fraction of sp³-hybridized carbons (Fsp3) is 0.400. The maximum atomic E-state index is 6.37. The Bertz CT molecular complexity index is 571. The number of hydrogen-bond donors (Lipinski definition) is 1. The molecule has 3 rings (SSSR count). The van der Waals surface area contributed by atoms with Crippen molar-refractivity contribution in [1.82, 2.24) is 9.78 Å². The van der Waals surface area contributed by atoms with Gasteiger partial charge in [0.25, 0.3) is 0 Å². The quantitative estimate of drug-likeness (QED) is 0.875. The van der Waals surface area contributed by atoms with Gasteiger partial charge in [0.15, 0.2) is 0 Å². The maximum Gasteiger partial charge on any atom is 0.0596 e. The molecule has 1 heterocycles. The second-order valence-corrected chi connectivity index (χ2v) is 5.29. The first-order valence-corrected chi connectivity index (χ1v) is 6.48. The Hall–Kier alpha value is -1.61. The van der Waals surface area contributed by atoms with E-state index in [0.717, 1.165) is 18.5 Å². The van der Waals surface area contributed by atoms with Crippen molar-refractivity contribution in [1.29, 1.82) is 0 Å². The van der Waals surface area contributed by atoms with Crippen molar-refractivity contribution in [2.24, 2.45) is 18.7 Å². The van der Waals surface area contributed by atoms with Gasteiger partial charge in [-0.15, -0.1) is 0 Å². The first-order valence-electron chi connectivity index (χ1n) is 6.48. The number of hydrogen-bond acceptors (Lipinski definition) is 2. The van der Waals surface area contributed by atoms with Crippen LogP contribution in [0.3, 0.4) is 0 Å². The molecule has 0 amide bonds. The summed E-state index contributed by atoms with van der Waals surface area (Å²) in [5.41, 5.74) is 11.5. The van der Waals surface area contributed by atoms with E-state index >= 15 is 0 Å². The van der Waals surface area contributed by atoms with E-state index in [0.29, 0.717) is 5.92 Å². The highest BCUT2D eigenvalue weighted by Crippen LogP contribution is 2.36. The summed E-state index contributed by atoms with van der Waals surface area (Å²) in [4.78, 5) is 0. The van der Waals surface area contributed by atoms with Crippen LogP contribution >= 0.6 is 0 Å². The van der Waals surface area contributed by atoms with E-state index < -0.39 is 0 Å². The molecule has 0 radical (unpaired) electrons. The smallest absolute Gasteiger partial charge is 0.0596 e. The predicted molar refractivity (Wildman–Crippen MR) is 72.2 cm³/mol. The predicted octanol–water partition coefficient (Wildman–Crippen LogP) is 2.14. The van der Waals surface area contributed by atoms with Crippen molar-refractivity contribution < 1.29 is 0 Å². The third-order valence-electron chi connectivity index (χ3n) is 3.97. The summed E-state index contributed by atoms with van der Waals surface area (Å²) in [6, 6.07) is 10.9. The number of aromatic nitrogens is 2. The average molecular weight is 241 g/mol. The topological polar surface area (TPSA) is 43.8 Å². The first-order chi connectivity index (χ1) is 8.65. The van der Waals surface area contributed by atoms with Crippen LogP contribution in [0, 0.1) is 12.8 Å². The van der Waals surface area contributed by atoms with Crippen molar-refractivity contribution in [3.63, 3.8) is 0 Å². The molecule has 0 saturated carbocycles. The molecule has 0 bridgehead atoms. The summed E-state index contributed by atoms with van der Waals surface area (Å²) in [6.45, 7) is 2.03. The minimum atomic E-state index is 0.163. The minimum absolute atomic E-state index is 0.163. The SMILES string of the molecule is Cc1cc(CC2Cc3ccccc3C2N)n(C)n1. The Labute approximate surface area is 108 Å². The summed E-state index contributed by atoms with van der Waals surface area (Å²) >= 11 is 0. The third-order valence-corrected chi connectivity index (χ3v) is 3.97. The Morgan fingerprint density at radius 3 is 2.83 bits per heavy atom. The summed E-state index contributed by atoms with van der Waals surface area (Å²) in [6.07, 6.45) is 2.09. The fourth-order valence-corrected chi connectivity index (χ4v) is 3.03. The number of aryl methyl sites for hydroxylation is 2. The molecule has 1 aliphatic carbocycles. The molecule has 0 fully saturated rings. The van der Waals surface area contributed by atoms with E-state index in [-0.39, 0.29) is 6.04 Å². The van der Waals surface area contributed by atoms with Crippen molar-refractivity contribution >= 4 is 0 Å². The summed E-state index contributed by atoms with van der Waals surface area (Å²) in [7, 11) is 2.01. The van der Waals surface area contributed by atoms with Crippen LogP contribution in [0.25, 0.3) is 0 Å². The molecule has 2 atom stereocenters. The first kappa shape index (κ1) is 11.5. The van der Waals surface area contributed by atoms with Crippen LogP contribution in [-0.4, -0.2) is 9.78 Å². The second kappa shape index (κ2) is 4.25. The van der Waals surface area contributed by atoms with E-state index in [1.165, 1.54) is 16.8 Å². The second-order valence-electron chi connectivity index (χ2n) is 5.29. The fourth-order valence-electron chi connectivity index (χ4n) is 3.03. The van der Waals surface area contributed by atoms with Gasteiger partial charge in [-0.3, -0.25) is 4.68 Å². The normalized spacial score (nSPS) is 22.2. The monoisotopic (exact) mass is 241 g/mol. The van der Waals surface area contributed by atoms with Gasteiger partial charge in [-0.05, 0) is 42.9 Å². The van der Waals surface area contributed by atoms with Gasteiger partial charge in [-0.25, -0.2) is 0 Å². The number of benzene rings is 1. The number of fused-ring (bicyclic) bond motifs is 1. The molecule has 0 saturated heterocycles. The molecular weight excluding hydrogens is 222 g/mol. The van der Waals surface area contributed by atoms with Gasteiger partial charge < -0.3 is 5.73 Å². The van der Waals surface area contributed by atoms with Gasteiger partial charge >= 0.3 is 0 Å². The van der Waals surface area contributed by atoms with Crippen molar-refractivity contribution in [2.45, 2.75) is 25.8 Å². The summed E-state index contributed by atoms with van der Waals surface area (Å²) < 4.78 is 1.98. The van der Waals surface area contributed by atoms with E-state index in [1.54, 1.807) is 0 Å². The highest BCUT2D eigenvalue weighted by Gasteiger charge is 2.29. The van der Waals surface area contributed by atoms with E-state index in [1.807, 2.05) is 18.7 Å². The largest absolute Gasteiger partial charge is 0.324 e. The molecular formula is C15H19N3. The molecule has 2 unspecified atom stereocenters. The van der Waals surface area contributed by atoms with Gasteiger partial charge in [0, 0.05) is 18.8 Å². The van der Waals surface area contributed by atoms with Crippen LogP contribution in [0.1, 0.15) is 28.6 Å². The van der Waals surface area contributed by atoms with Crippen LogP contribution in [0.5, 0.6) is 0 Å². The van der Waals surface area contributed by atoms with Crippen LogP contribution in [0.4, 0.5) is 0 Å². The molecule has 1 aliphatic rings. The lowest BCUT2D eigenvalue weighted by atomic mass is 9.96. The van der Waals surface area contributed by atoms with Gasteiger partial charge in [-0.1, -0.05) is 24.3 Å². The van der Waals surface area contributed by atoms with E-state index in [2.05, 4.69) is 35.4 Å². The highest BCUT2D eigenvalue weighted by atomic mass is 15.3. The zero-order valence-corrected chi connectivity index (χ0v) is 10.9. The van der Waals surface area contributed by atoms with Crippen LogP contribution in [-0.2, 0) is 19.9 Å². The molecule has 2 aromatic rings.